The minimum absolute atomic E-state index is 0.180. The van der Waals surface area contributed by atoms with Gasteiger partial charge in [0.15, 0.2) is 0 Å². The van der Waals surface area contributed by atoms with Crippen LogP contribution in [-0.4, -0.2) is 43.7 Å². The normalized spacial score (nSPS) is 39.7. The van der Waals surface area contributed by atoms with E-state index in [4.69, 9.17) is 0 Å². The molecule has 4 bridgehead atoms. The smallest absolute Gasteiger partial charge is 0.317 e. The highest BCUT2D eigenvalue weighted by Gasteiger charge is 2.57. The number of rotatable bonds is 5. The fraction of sp³-hybridized carbons (Fsp3) is 0.947. The number of likely N-dealkylation sites (N-methyl/N-ethyl adjacent to an activating group) is 1. The number of likely N-dealkylation sites (tertiary alicyclic amines) is 1. The Morgan fingerprint density at radius 1 is 1.13 bits per heavy atom. The molecule has 2 N–H and O–H groups in total. The quantitative estimate of drug-likeness (QED) is 0.818. The lowest BCUT2D eigenvalue weighted by Crippen LogP contribution is -2.51. The van der Waals surface area contributed by atoms with E-state index in [0.29, 0.717) is 11.5 Å². The molecule has 5 fully saturated rings. The number of hydrogen-bond donors (Lipinski definition) is 2. The lowest BCUT2D eigenvalue weighted by Gasteiger charge is -2.37. The van der Waals surface area contributed by atoms with Crippen LogP contribution >= 0.6 is 0 Å². The van der Waals surface area contributed by atoms with Crippen LogP contribution in [0.5, 0.6) is 0 Å². The van der Waals surface area contributed by atoms with Crippen molar-refractivity contribution in [2.45, 2.75) is 63.8 Å². The van der Waals surface area contributed by atoms with Crippen molar-refractivity contribution in [2.24, 2.45) is 23.2 Å². The van der Waals surface area contributed by atoms with Gasteiger partial charge in [0, 0.05) is 25.7 Å². The van der Waals surface area contributed by atoms with Crippen LogP contribution in [0.3, 0.4) is 0 Å². The van der Waals surface area contributed by atoms with Crippen molar-refractivity contribution in [2.75, 3.05) is 26.7 Å². The summed E-state index contributed by atoms with van der Waals surface area (Å²) in [6.45, 7) is 2.79. The van der Waals surface area contributed by atoms with Gasteiger partial charge in [-0.05, 0) is 88.0 Å². The molecule has 5 rings (SSSR count). The highest BCUT2D eigenvalue weighted by Crippen LogP contribution is 2.67. The zero-order chi connectivity index (χ0) is 15.9. The van der Waals surface area contributed by atoms with Crippen molar-refractivity contribution in [3.05, 3.63) is 0 Å². The molecule has 0 aromatic rings. The zero-order valence-electron chi connectivity index (χ0n) is 14.7. The number of urea groups is 1. The first-order valence-corrected chi connectivity index (χ1v) is 9.88. The Morgan fingerprint density at radius 2 is 1.83 bits per heavy atom. The largest absolute Gasteiger partial charge is 0.334 e. The number of piperidine rings is 1. The van der Waals surface area contributed by atoms with Gasteiger partial charge in [0.1, 0.15) is 0 Å². The number of carbonyl (C=O) groups excluding carboxylic acids is 1. The van der Waals surface area contributed by atoms with Crippen molar-refractivity contribution in [1.82, 2.24) is 15.5 Å². The Hall–Kier alpha value is -0.770. The molecule has 1 saturated heterocycles. The number of hydrogen-bond acceptors (Lipinski definition) is 2. The molecule has 0 radical (unpaired) electrons. The molecule has 2 amide bonds. The molecule has 0 aromatic heterocycles. The van der Waals surface area contributed by atoms with Crippen molar-refractivity contribution in [3.63, 3.8) is 0 Å². The van der Waals surface area contributed by atoms with E-state index < -0.39 is 0 Å². The summed E-state index contributed by atoms with van der Waals surface area (Å²) in [6.07, 6.45) is 12.1. The first kappa shape index (κ1) is 15.7. The lowest BCUT2D eigenvalue weighted by atomic mass is 9.72. The van der Waals surface area contributed by atoms with Crippen LogP contribution in [0.1, 0.15) is 57.8 Å². The molecule has 2 unspecified atom stereocenters. The number of nitrogens with zero attached hydrogens (tertiary/aromatic N) is 1. The molecule has 5 aliphatic rings. The predicted molar refractivity (Wildman–Crippen MR) is 92.3 cm³/mol. The summed E-state index contributed by atoms with van der Waals surface area (Å²) < 4.78 is 0. The van der Waals surface area contributed by atoms with Crippen LogP contribution < -0.4 is 10.6 Å². The average molecular weight is 319 g/mol. The van der Waals surface area contributed by atoms with Gasteiger partial charge < -0.3 is 15.5 Å². The van der Waals surface area contributed by atoms with Crippen LogP contribution in [0, 0.1) is 23.2 Å². The standard InChI is InChI=1S/C19H33N3O/c1-20-13-17(21-18(23)22-5-3-2-4-6-22)12-19-10-14-7-15(11-19)9-16(19)8-14/h14-17,20H,2-13H2,1H3,(H,21,23)/t14?,15?,16?,17-,19?/m0/s1. The second-order valence-corrected chi connectivity index (χ2v) is 8.86. The summed E-state index contributed by atoms with van der Waals surface area (Å²) >= 11 is 0. The van der Waals surface area contributed by atoms with Gasteiger partial charge in [-0.2, -0.15) is 0 Å². The van der Waals surface area contributed by atoms with E-state index in [0.717, 1.165) is 37.4 Å². The second kappa shape index (κ2) is 6.27. The molecule has 3 atom stereocenters. The minimum Gasteiger partial charge on any atom is -0.334 e. The Bertz CT molecular complexity index is 432. The molecule has 4 aliphatic carbocycles. The van der Waals surface area contributed by atoms with Crippen LogP contribution in [0.4, 0.5) is 4.79 Å². The maximum atomic E-state index is 12.6. The van der Waals surface area contributed by atoms with E-state index in [2.05, 4.69) is 10.6 Å². The molecule has 130 valence electrons. The first-order chi connectivity index (χ1) is 11.2. The van der Waals surface area contributed by atoms with Crippen LogP contribution in [0.25, 0.3) is 0 Å². The highest BCUT2D eigenvalue weighted by atomic mass is 16.2. The molecule has 0 aromatic carbocycles. The van der Waals surface area contributed by atoms with Crippen molar-refractivity contribution in [3.8, 4) is 0 Å². The molecular weight excluding hydrogens is 286 g/mol. The summed E-state index contributed by atoms with van der Waals surface area (Å²) in [5.41, 5.74) is 0.560. The summed E-state index contributed by atoms with van der Waals surface area (Å²) in [4.78, 5) is 14.6. The lowest BCUT2D eigenvalue weighted by molar-refractivity contribution is 0.150. The van der Waals surface area contributed by atoms with E-state index in [-0.39, 0.29) is 6.03 Å². The fourth-order valence-corrected chi connectivity index (χ4v) is 6.57. The Morgan fingerprint density at radius 3 is 2.48 bits per heavy atom. The molecule has 4 saturated carbocycles. The number of nitrogens with one attached hydrogen (secondary N) is 2. The second-order valence-electron chi connectivity index (χ2n) is 8.86. The van der Waals surface area contributed by atoms with Gasteiger partial charge >= 0.3 is 6.03 Å². The van der Waals surface area contributed by atoms with Crippen LogP contribution in [0.15, 0.2) is 0 Å². The Balaban J connectivity index is 1.39. The maximum absolute atomic E-state index is 12.6. The van der Waals surface area contributed by atoms with Crippen LogP contribution in [-0.2, 0) is 0 Å². The van der Waals surface area contributed by atoms with Gasteiger partial charge in [0.25, 0.3) is 0 Å². The van der Waals surface area contributed by atoms with Gasteiger partial charge in [0.2, 0.25) is 0 Å². The van der Waals surface area contributed by atoms with E-state index in [1.807, 2.05) is 11.9 Å². The van der Waals surface area contributed by atoms with Crippen molar-refractivity contribution in [1.29, 1.82) is 0 Å². The van der Waals surface area contributed by atoms with E-state index in [1.165, 1.54) is 57.8 Å². The molecule has 4 heteroatoms. The number of carbonyl (C=O) groups is 1. The average Bonchev–Trinajstić information content (AvgIpc) is 2.92. The third kappa shape index (κ3) is 2.99. The van der Waals surface area contributed by atoms with Gasteiger partial charge in [-0.25, -0.2) is 4.79 Å². The molecule has 1 heterocycles. The minimum atomic E-state index is 0.180. The summed E-state index contributed by atoms with van der Waals surface area (Å²) in [7, 11) is 2.01. The predicted octanol–water partition coefficient (Wildman–Crippen LogP) is 2.99. The van der Waals surface area contributed by atoms with Crippen LogP contribution in [0.2, 0.25) is 0 Å². The van der Waals surface area contributed by atoms with Gasteiger partial charge in [-0.15, -0.1) is 0 Å². The highest BCUT2D eigenvalue weighted by molar-refractivity contribution is 5.74. The third-order valence-corrected chi connectivity index (χ3v) is 7.23. The zero-order valence-corrected chi connectivity index (χ0v) is 14.7. The van der Waals surface area contributed by atoms with Crippen molar-refractivity contribution >= 4 is 6.03 Å². The summed E-state index contributed by atoms with van der Waals surface area (Å²) in [5, 5.41) is 6.69. The van der Waals surface area contributed by atoms with Gasteiger partial charge in [-0.3, -0.25) is 0 Å². The van der Waals surface area contributed by atoms with Crippen molar-refractivity contribution < 1.29 is 4.79 Å². The molecular formula is C19H33N3O. The maximum Gasteiger partial charge on any atom is 0.317 e. The first-order valence-electron chi connectivity index (χ1n) is 9.88. The molecule has 0 spiro atoms. The monoisotopic (exact) mass is 319 g/mol. The Labute approximate surface area is 140 Å². The third-order valence-electron chi connectivity index (χ3n) is 7.23. The number of amides is 2. The molecule has 1 aliphatic heterocycles. The Kier molecular flexibility index (Phi) is 4.29. The molecule has 4 nitrogen and oxygen atoms in total. The topological polar surface area (TPSA) is 44.4 Å². The summed E-state index contributed by atoms with van der Waals surface area (Å²) in [6, 6.07) is 0.478. The van der Waals surface area contributed by atoms with E-state index in [9.17, 15) is 4.79 Å². The SMILES string of the molecule is CNC[C@H](CC12CC3CC(CC1C3)C2)NC(=O)N1CCCCC1. The molecule has 23 heavy (non-hydrogen) atoms. The van der Waals surface area contributed by atoms with Gasteiger partial charge in [-0.1, -0.05) is 0 Å². The summed E-state index contributed by atoms with van der Waals surface area (Å²) in [5.74, 6) is 2.96. The van der Waals surface area contributed by atoms with Gasteiger partial charge in [0.05, 0.1) is 0 Å². The van der Waals surface area contributed by atoms with E-state index >= 15 is 0 Å². The fourth-order valence-electron chi connectivity index (χ4n) is 6.57. The van der Waals surface area contributed by atoms with E-state index in [1.54, 1.807) is 0 Å².